The van der Waals surface area contributed by atoms with Crippen LogP contribution < -0.4 is 14.2 Å². The fraction of sp³-hybridized carbons (Fsp3) is 0.150. The van der Waals surface area contributed by atoms with Crippen LogP contribution in [0.25, 0.3) is 16.3 Å². The van der Waals surface area contributed by atoms with E-state index in [-0.39, 0.29) is 0 Å². The van der Waals surface area contributed by atoms with E-state index in [0.29, 0.717) is 47.3 Å². The fourth-order valence-corrected chi connectivity index (χ4v) is 3.38. The van der Waals surface area contributed by atoms with E-state index < -0.39 is 6.10 Å². The number of nitrogens with zero attached hydrogens (tertiary/aromatic N) is 1. The van der Waals surface area contributed by atoms with Crippen LogP contribution in [0.1, 0.15) is 17.4 Å². The molecule has 1 unspecified atom stereocenters. The minimum absolute atomic E-state index is 0.482. The number of pyridine rings is 1. The second kappa shape index (κ2) is 5.50. The predicted molar refractivity (Wildman–Crippen MR) is 92.7 cm³/mol. The average Bonchev–Trinajstić information content (AvgIpc) is 2.68. The van der Waals surface area contributed by atoms with Crippen LogP contribution >= 0.6 is 0 Å². The number of ether oxygens (including phenoxy) is 3. The highest BCUT2D eigenvalue weighted by atomic mass is 16.6. The average molecular weight is 333 g/mol. The molecular formula is C20H15NO4. The molecular weight excluding hydrogens is 318 g/mol. The molecule has 0 saturated heterocycles. The molecule has 0 bridgehead atoms. The van der Waals surface area contributed by atoms with Gasteiger partial charge in [-0.25, -0.2) is 0 Å². The van der Waals surface area contributed by atoms with E-state index in [2.05, 4.69) is 4.98 Å². The zero-order chi connectivity index (χ0) is 16.8. The summed E-state index contributed by atoms with van der Waals surface area (Å²) in [6.45, 7) is 1.00. The Balaban J connectivity index is 1.74. The highest BCUT2D eigenvalue weighted by Crippen LogP contribution is 2.48. The summed E-state index contributed by atoms with van der Waals surface area (Å²) in [5, 5.41) is 12.9. The Morgan fingerprint density at radius 1 is 0.960 bits per heavy atom. The summed E-state index contributed by atoms with van der Waals surface area (Å²) in [4.78, 5) is 4.33. The second-order valence-electron chi connectivity index (χ2n) is 5.97. The third-order valence-electron chi connectivity index (χ3n) is 4.53. The van der Waals surface area contributed by atoms with E-state index in [1.54, 1.807) is 12.5 Å². The lowest BCUT2D eigenvalue weighted by atomic mass is 9.91. The number of aliphatic hydroxyl groups excluding tert-OH is 1. The molecule has 0 fully saturated rings. The van der Waals surface area contributed by atoms with Gasteiger partial charge in [-0.05, 0) is 29.7 Å². The van der Waals surface area contributed by atoms with Crippen molar-refractivity contribution in [1.29, 1.82) is 0 Å². The number of benzene rings is 2. The molecule has 0 radical (unpaired) electrons. The van der Waals surface area contributed by atoms with Crippen LogP contribution in [0.5, 0.6) is 17.2 Å². The van der Waals surface area contributed by atoms with Gasteiger partial charge in [-0.15, -0.1) is 0 Å². The molecule has 2 aromatic carbocycles. The first-order chi connectivity index (χ1) is 12.3. The van der Waals surface area contributed by atoms with Gasteiger partial charge in [0.2, 0.25) is 0 Å². The molecule has 25 heavy (non-hydrogen) atoms. The van der Waals surface area contributed by atoms with Gasteiger partial charge in [-0.2, -0.15) is 0 Å². The molecule has 1 N–H and O–H groups in total. The zero-order valence-electron chi connectivity index (χ0n) is 13.3. The lowest BCUT2D eigenvalue weighted by Gasteiger charge is -2.27. The van der Waals surface area contributed by atoms with Gasteiger partial charge in [-0.1, -0.05) is 18.2 Å². The van der Waals surface area contributed by atoms with Crippen LogP contribution in [-0.4, -0.2) is 23.3 Å². The predicted octanol–water partition coefficient (Wildman–Crippen LogP) is 3.47. The maximum atomic E-state index is 11.1. The second-order valence-corrected chi connectivity index (χ2v) is 5.97. The number of fused-ring (bicyclic) bond motifs is 5. The molecule has 0 spiro atoms. The first-order valence-corrected chi connectivity index (χ1v) is 8.14. The zero-order valence-corrected chi connectivity index (χ0v) is 13.3. The maximum Gasteiger partial charge on any atom is 0.169 e. The lowest BCUT2D eigenvalue weighted by molar-refractivity contribution is 0.173. The molecule has 5 rings (SSSR count). The van der Waals surface area contributed by atoms with E-state index in [1.807, 2.05) is 42.5 Å². The highest BCUT2D eigenvalue weighted by Gasteiger charge is 2.30. The molecule has 2 aliphatic rings. The van der Waals surface area contributed by atoms with Crippen molar-refractivity contribution in [2.24, 2.45) is 0 Å². The van der Waals surface area contributed by atoms with Crippen molar-refractivity contribution in [3.63, 3.8) is 0 Å². The van der Waals surface area contributed by atoms with Crippen molar-refractivity contribution in [3.8, 4) is 17.2 Å². The van der Waals surface area contributed by atoms with E-state index in [4.69, 9.17) is 14.2 Å². The summed E-state index contributed by atoms with van der Waals surface area (Å²) < 4.78 is 17.4. The van der Waals surface area contributed by atoms with Gasteiger partial charge in [0.25, 0.3) is 0 Å². The van der Waals surface area contributed by atoms with Crippen molar-refractivity contribution in [3.05, 3.63) is 66.2 Å². The van der Waals surface area contributed by atoms with Crippen molar-refractivity contribution >= 4 is 16.3 Å². The normalized spacial score (nSPS) is 18.3. The van der Waals surface area contributed by atoms with Crippen molar-refractivity contribution in [1.82, 2.24) is 4.98 Å². The van der Waals surface area contributed by atoms with Gasteiger partial charge in [0.05, 0.1) is 12.0 Å². The number of hydrogen-bond donors (Lipinski definition) is 1. The summed E-state index contributed by atoms with van der Waals surface area (Å²) in [7, 11) is 0. The molecule has 5 nitrogen and oxygen atoms in total. The van der Waals surface area contributed by atoms with Crippen molar-refractivity contribution in [2.45, 2.75) is 6.10 Å². The topological polar surface area (TPSA) is 60.8 Å². The van der Waals surface area contributed by atoms with Crippen LogP contribution in [-0.2, 0) is 0 Å². The molecule has 5 heteroatoms. The summed E-state index contributed by atoms with van der Waals surface area (Å²) in [5.74, 6) is 1.96. The monoisotopic (exact) mass is 333 g/mol. The van der Waals surface area contributed by atoms with Crippen LogP contribution in [0.2, 0.25) is 0 Å². The third-order valence-corrected chi connectivity index (χ3v) is 4.53. The molecule has 3 aromatic rings. The number of aliphatic hydroxyl groups is 1. The number of hydrogen-bond acceptors (Lipinski definition) is 5. The van der Waals surface area contributed by atoms with E-state index >= 15 is 0 Å². The molecule has 0 amide bonds. The van der Waals surface area contributed by atoms with Crippen LogP contribution in [0, 0.1) is 0 Å². The molecule has 2 aliphatic heterocycles. The Bertz CT molecular complexity index is 997. The van der Waals surface area contributed by atoms with Gasteiger partial charge in [0.15, 0.2) is 11.5 Å². The Morgan fingerprint density at radius 3 is 2.64 bits per heavy atom. The van der Waals surface area contributed by atoms with Gasteiger partial charge in [0, 0.05) is 22.7 Å². The van der Waals surface area contributed by atoms with Gasteiger partial charge in [0.1, 0.15) is 25.1 Å². The first kappa shape index (κ1) is 14.3. The minimum Gasteiger partial charge on any atom is -0.486 e. The van der Waals surface area contributed by atoms with Crippen LogP contribution in [0.15, 0.2) is 54.9 Å². The first-order valence-electron chi connectivity index (χ1n) is 8.14. The summed E-state index contributed by atoms with van der Waals surface area (Å²) in [6, 6.07) is 13.3. The van der Waals surface area contributed by atoms with E-state index in [0.717, 1.165) is 10.8 Å². The molecule has 1 aromatic heterocycles. The summed E-state index contributed by atoms with van der Waals surface area (Å²) in [5.41, 5.74) is 1.98. The SMILES string of the molecule is OC1C(c2ccccn2)=COc2ccc3ccc4c(c3c21)OCCO4. The number of aromatic nitrogens is 1. The third kappa shape index (κ3) is 2.16. The van der Waals surface area contributed by atoms with Crippen LogP contribution in [0.3, 0.4) is 0 Å². The van der Waals surface area contributed by atoms with Gasteiger partial charge in [-0.3, -0.25) is 4.98 Å². The molecule has 0 saturated carbocycles. The standard InChI is InChI=1S/C20H15NO4/c22-19-13(14-3-1-2-8-21-14)11-25-15-6-4-12-5-7-16-20(17(12)18(15)19)24-10-9-23-16/h1-8,11,19,22H,9-10H2. The Labute approximate surface area is 144 Å². The number of rotatable bonds is 1. The fourth-order valence-electron chi connectivity index (χ4n) is 3.38. The minimum atomic E-state index is -0.862. The largest absolute Gasteiger partial charge is 0.486 e. The quantitative estimate of drug-likeness (QED) is 0.739. The van der Waals surface area contributed by atoms with Gasteiger partial charge < -0.3 is 19.3 Å². The molecule has 3 heterocycles. The molecule has 124 valence electrons. The Morgan fingerprint density at radius 2 is 1.80 bits per heavy atom. The molecule has 1 atom stereocenters. The van der Waals surface area contributed by atoms with Gasteiger partial charge >= 0.3 is 0 Å². The molecule has 0 aliphatic carbocycles. The van der Waals surface area contributed by atoms with Crippen LogP contribution in [0.4, 0.5) is 0 Å². The smallest absolute Gasteiger partial charge is 0.169 e. The highest BCUT2D eigenvalue weighted by molar-refractivity contribution is 5.97. The van der Waals surface area contributed by atoms with Crippen molar-refractivity contribution < 1.29 is 19.3 Å². The maximum absolute atomic E-state index is 11.1. The Hall–Kier alpha value is -3.05. The Kier molecular flexibility index (Phi) is 3.15. The summed E-state index contributed by atoms with van der Waals surface area (Å²) >= 11 is 0. The lowest BCUT2D eigenvalue weighted by Crippen LogP contribution is -2.17. The van der Waals surface area contributed by atoms with E-state index in [9.17, 15) is 5.11 Å². The van der Waals surface area contributed by atoms with Crippen molar-refractivity contribution in [2.75, 3.05) is 13.2 Å². The summed E-state index contributed by atoms with van der Waals surface area (Å²) in [6.07, 6.45) is 2.40. The van der Waals surface area contributed by atoms with E-state index in [1.165, 1.54) is 0 Å².